The topological polar surface area (TPSA) is 50.4 Å². The predicted octanol–water partition coefficient (Wildman–Crippen LogP) is 2.64. The van der Waals surface area contributed by atoms with Gasteiger partial charge in [0.2, 0.25) is 0 Å². The third kappa shape index (κ3) is 4.98. The molecule has 5 heteroatoms. The maximum atomic E-state index is 12.0. The molecule has 1 amide bonds. The van der Waals surface area contributed by atoms with Crippen molar-refractivity contribution >= 4 is 18.3 Å². The van der Waals surface area contributed by atoms with Crippen LogP contribution >= 0.6 is 12.4 Å². The quantitative estimate of drug-likeness (QED) is 0.855. The van der Waals surface area contributed by atoms with E-state index in [1.165, 1.54) is 0 Å². The molecule has 3 rings (SSSR count). The van der Waals surface area contributed by atoms with Crippen molar-refractivity contribution in [3.63, 3.8) is 0 Å². The van der Waals surface area contributed by atoms with Gasteiger partial charge in [0.15, 0.2) is 0 Å². The van der Waals surface area contributed by atoms with Gasteiger partial charge in [-0.25, -0.2) is 0 Å². The van der Waals surface area contributed by atoms with Crippen molar-refractivity contribution in [3.05, 3.63) is 65.7 Å². The van der Waals surface area contributed by atoms with Gasteiger partial charge in [0.05, 0.1) is 0 Å². The average molecular weight is 333 g/mol. The van der Waals surface area contributed by atoms with E-state index >= 15 is 0 Å². The molecule has 122 valence electrons. The first-order valence-electron chi connectivity index (χ1n) is 7.57. The zero-order chi connectivity index (χ0) is 15.2. The Balaban J connectivity index is 0.00000192. The first kappa shape index (κ1) is 17.3. The van der Waals surface area contributed by atoms with Crippen LogP contribution in [0.1, 0.15) is 15.9 Å². The molecular formula is C18H21ClN2O2. The highest BCUT2D eigenvalue weighted by Gasteiger charge is 2.17. The van der Waals surface area contributed by atoms with Crippen LogP contribution in [-0.4, -0.2) is 25.5 Å². The summed E-state index contributed by atoms with van der Waals surface area (Å²) < 4.78 is 5.71. The van der Waals surface area contributed by atoms with Gasteiger partial charge in [-0.2, -0.15) is 0 Å². The lowest BCUT2D eigenvalue weighted by Crippen LogP contribution is -2.48. The molecule has 1 aliphatic heterocycles. The Labute approximate surface area is 142 Å². The van der Waals surface area contributed by atoms with Crippen molar-refractivity contribution < 1.29 is 9.53 Å². The highest BCUT2D eigenvalue weighted by molar-refractivity contribution is 5.94. The van der Waals surface area contributed by atoms with Crippen LogP contribution in [0.4, 0.5) is 0 Å². The lowest BCUT2D eigenvalue weighted by Gasteiger charge is -2.27. The summed E-state index contributed by atoms with van der Waals surface area (Å²) in [6.07, 6.45) is 0. The summed E-state index contributed by atoms with van der Waals surface area (Å²) in [4.78, 5) is 12.0. The molecule has 1 aliphatic rings. The summed E-state index contributed by atoms with van der Waals surface area (Å²) in [5.41, 5.74) is 1.79. The molecule has 1 saturated heterocycles. The fourth-order valence-electron chi connectivity index (χ4n) is 2.28. The minimum atomic E-state index is -0.0264. The number of amides is 1. The lowest BCUT2D eigenvalue weighted by atomic mass is 10.0. The smallest absolute Gasteiger partial charge is 0.251 e. The minimum Gasteiger partial charge on any atom is -0.489 e. The molecule has 0 atom stereocenters. The van der Waals surface area contributed by atoms with E-state index < -0.39 is 0 Å². The number of halogens is 1. The van der Waals surface area contributed by atoms with Crippen molar-refractivity contribution in [2.45, 2.75) is 6.61 Å². The van der Waals surface area contributed by atoms with Crippen molar-refractivity contribution in [1.29, 1.82) is 0 Å². The number of hydrogen-bond acceptors (Lipinski definition) is 3. The number of benzene rings is 2. The molecule has 0 bridgehead atoms. The van der Waals surface area contributed by atoms with E-state index in [1.807, 2.05) is 42.5 Å². The van der Waals surface area contributed by atoms with E-state index in [2.05, 4.69) is 10.6 Å². The summed E-state index contributed by atoms with van der Waals surface area (Å²) in [6.45, 7) is 3.25. The number of nitrogens with one attached hydrogen (secondary N) is 2. The van der Waals surface area contributed by atoms with E-state index in [0.29, 0.717) is 18.1 Å². The van der Waals surface area contributed by atoms with E-state index in [1.54, 1.807) is 12.1 Å². The van der Waals surface area contributed by atoms with Gasteiger partial charge in [0.25, 0.3) is 5.91 Å². The second-order valence-corrected chi connectivity index (χ2v) is 5.53. The summed E-state index contributed by atoms with van der Waals surface area (Å²) in [6, 6.07) is 17.3. The number of carbonyl (C=O) groups is 1. The van der Waals surface area contributed by atoms with Crippen LogP contribution in [0.15, 0.2) is 54.6 Å². The molecule has 0 saturated carbocycles. The number of ether oxygens (including phenoxy) is 1. The van der Waals surface area contributed by atoms with Gasteiger partial charge in [-0.1, -0.05) is 30.3 Å². The molecule has 0 unspecified atom stereocenters. The summed E-state index contributed by atoms with van der Waals surface area (Å²) >= 11 is 0. The Bertz CT molecular complexity index is 613. The Morgan fingerprint density at radius 2 is 1.78 bits per heavy atom. The predicted molar refractivity (Wildman–Crippen MR) is 93.2 cm³/mol. The SMILES string of the molecule is Cl.O=C(NCC1CNC1)c1ccc(OCc2ccccc2)cc1. The van der Waals surface area contributed by atoms with Crippen molar-refractivity contribution in [1.82, 2.24) is 10.6 Å². The average Bonchev–Trinajstić information content (AvgIpc) is 2.53. The fourth-order valence-corrected chi connectivity index (χ4v) is 2.28. The van der Waals surface area contributed by atoms with Gasteiger partial charge in [-0.05, 0) is 29.8 Å². The standard InChI is InChI=1S/C18H20N2O2.ClH/c21-18(20-12-15-10-19-11-15)16-6-8-17(9-7-16)22-13-14-4-2-1-3-5-14;/h1-9,15,19H,10-13H2,(H,20,21);1H. The molecule has 0 spiro atoms. The first-order valence-corrected chi connectivity index (χ1v) is 7.57. The molecule has 1 heterocycles. The number of rotatable bonds is 6. The van der Waals surface area contributed by atoms with Gasteiger partial charge < -0.3 is 15.4 Å². The fraction of sp³-hybridized carbons (Fsp3) is 0.278. The van der Waals surface area contributed by atoms with Crippen LogP contribution in [0.25, 0.3) is 0 Å². The lowest BCUT2D eigenvalue weighted by molar-refractivity contribution is 0.0942. The van der Waals surface area contributed by atoms with Crippen LogP contribution in [0.2, 0.25) is 0 Å². The first-order chi connectivity index (χ1) is 10.8. The van der Waals surface area contributed by atoms with E-state index in [9.17, 15) is 4.79 Å². The van der Waals surface area contributed by atoms with Gasteiger partial charge >= 0.3 is 0 Å². The van der Waals surface area contributed by atoms with Crippen LogP contribution in [0, 0.1) is 5.92 Å². The second-order valence-electron chi connectivity index (χ2n) is 5.53. The van der Waals surface area contributed by atoms with Crippen LogP contribution in [0.3, 0.4) is 0 Å². The summed E-state index contributed by atoms with van der Waals surface area (Å²) in [5.74, 6) is 1.31. The second kappa shape index (κ2) is 8.56. The van der Waals surface area contributed by atoms with Crippen molar-refractivity contribution in [2.24, 2.45) is 5.92 Å². The van der Waals surface area contributed by atoms with E-state index in [4.69, 9.17) is 4.74 Å². The van der Waals surface area contributed by atoms with Gasteiger partial charge in [-0.3, -0.25) is 4.79 Å². The Hall–Kier alpha value is -2.04. The number of carbonyl (C=O) groups excluding carboxylic acids is 1. The molecule has 0 radical (unpaired) electrons. The van der Waals surface area contributed by atoms with Crippen molar-refractivity contribution in [3.8, 4) is 5.75 Å². The maximum Gasteiger partial charge on any atom is 0.251 e. The summed E-state index contributed by atoms with van der Waals surface area (Å²) in [5, 5.41) is 6.15. The van der Waals surface area contributed by atoms with Gasteiger partial charge in [0.1, 0.15) is 12.4 Å². The molecule has 23 heavy (non-hydrogen) atoms. The molecular weight excluding hydrogens is 312 g/mol. The zero-order valence-electron chi connectivity index (χ0n) is 12.8. The van der Waals surface area contributed by atoms with Crippen LogP contribution in [0.5, 0.6) is 5.75 Å². The zero-order valence-corrected chi connectivity index (χ0v) is 13.6. The van der Waals surface area contributed by atoms with Crippen LogP contribution < -0.4 is 15.4 Å². The number of hydrogen-bond donors (Lipinski definition) is 2. The molecule has 1 fully saturated rings. The Morgan fingerprint density at radius 3 is 2.39 bits per heavy atom. The third-order valence-corrected chi connectivity index (χ3v) is 3.78. The monoisotopic (exact) mass is 332 g/mol. The van der Waals surface area contributed by atoms with Crippen molar-refractivity contribution in [2.75, 3.05) is 19.6 Å². The van der Waals surface area contributed by atoms with Gasteiger partial charge in [-0.15, -0.1) is 12.4 Å². The Kier molecular flexibility index (Phi) is 6.44. The molecule has 2 N–H and O–H groups in total. The highest BCUT2D eigenvalue weighted by Crippen LogP contribution is 2.14. The molecule has 2 aromatic carbocycles. The third-order valence-electron chi connectivity index (χ3n) is 3.78. The maximum absolute atomic E-state index is 12.0. The molecule has 0 aromatic heterocycles. The summed E-state index contributed by atoms with van der Waals surface area (Å²) in [7, 11) is 0. The van der Waals surface area contributed by atoms with E-state index in [-0.39, 0.29) is 18.3 Å². The van der Waals surface area contributed by atoms with E-state index in [0.717, 1.165) is 30.9 Å². The normalized spacial score (nSPS) is 13.6. The Morgan fingerprint density at radius 1 is 1.09 bits per heavy atom. The minimum absolute atomic E-state index is 0. The highest BCUT2D eigenvalue weighted by atomic mass is 35.5. The largest absolute Gasteiger partial charge is 0.489 e. The molecule has 4 nitrogen and oxygen atoms in total. The van der Waals surface area contributed by atoms with Crippen LogP contribution in [-0.2, 0) is 6.61 Å². The van der Waals surface area contributed by atoms with Gasteiger partial charge in [0, 0.05) is 31.1 Å². The molecule has 2 aromatic rings. The molecule has 0 aliphatic carbocycles.